The number of esters is 1. The summed E-state index contributed by atoms with van der Waals surface area (Å²) in [5.41, 5.74) is 2.83. The second-order valence-corrected chi connectivity index (χ2v) is 4.85. The topological polar surface area (TPSA) is 29.5 Å². The lowest BCUT2D eigenvalue weighted by Crippen LogP contribution is -2.39. The minimum Gasteiger partial charge on any atom is -0.466 e. The lowest BCUT2D eigenvalue weighted by Gasteiger charge is -2.33. The van der Waals surface area contributed by atoms with Crippen molar-refractivity contribution in [2.75, 3.05) is 13.2 Å². The number of fused-ring (bicyclic) bond motifs is 1. The van der Waals surface area contributed by atoms with Crippen LogP contribution in [0.1, 0.15) is 31.4 Å². The molecule has 0 bridgehead atoms. The Labute approximate surface area is 109 Å². The Hall–Kier alpha value is -1.35. The third-order valence-electron chi connectivity index (χ3n) is 3.55. The number of hydrogen-bond acceptors (Lipinski definition) is 3. The van der Waals surface area contributed by atoms with Gasteiger partial charge in [-0.2, -0.15) is 0 Å². The molecule has 3 heteroatoms. The van der Waals surface area contributed by atoms with Gasteiger partial charge in [0.2, 0.25) is 0 Å². The van der Waals surface area contributed by atoms with E-state index in [4.69, 9.17) is 4.74 Å². The average molecular weight is 247 g/mol. The van der Waals surface area contributed by atoms with Crippen LogP contribution in [-0.4, -0.2) is 30.1 Å². The first-order valence-corrected chi connectivity index (χ1v) is 6.67. The molecule has 1 aliphatic heterocycles. The van der Waals surface area contributed by atoms with Crippen molar-refractivity contribution in [1.29, 1.82) is 0 Å². The van der Waals surface area contributed by atoms with Gasteiger partial charge in [0.05, 0.1) is 13.0 Å². The molecular formula is C15H21NO2. The quantitative estimate of drug-likeness (QED) is 0.765. The molecule has 1 aromatic rings. The number of ether oxygens (including phenoxy) is 1. The van der Waals surface area contributed by atoms with E-state index < -0.39 is 0 Å². The smallest absolute Gasteiger partial charge is 0.307 e. The molecular weight excluding hydrogens is 226 g/mol. The van der Waals surface area contributed by atoms with E-state index in [2.05, 4.69) is 36.1 Å². The number of carbonyl (C=O) groups is 1. The van der Waals surface area contributed by atoms with Gasteiger partial charge in [0.1, 0.15) is 0 Å². The van der Waals surface area contributed by atoms with Crippen LogP contribution in [0, 0.1) is 0 Å². The van der Waals surface area contributed by atoms with Gasteiger partial charge in [0.15, 0.2) is 0 Å². The summed E-state index contributed by atoms with van der Waals surface area (Å²) in [6.45, 7) is 6.38. The highest BCUT2D eigenvalue weighted by Crippen LogP contribution is 2.21. The van der Waals surface area contributed by atoms with Crippen molar-refractivity contribution >= 4 is 5.97 Å². The number of nitrogens with zero attached hydrogens (tertiary/aromatic N) is 1. The second-order valence-electron chi connectivity index (χ2n) is 4.85. The van der Waals surface area contributed by atoms with E-state index in [1.807, 2.05) is 6.92 Å². The van der Waals surface area contributed by atoms with Crippen LogP contribution in [0.25, 0.3) is 0 Å². The third kappa shape index (κ3) is 3.10. The highest BCUT2D eigenvalue weighted by atomic mass is 16.5. The van der Waals surface area contributed by atoms with Crippen LogP contribution in [0.3, 0.4) is 0 Å². The lowest BCUT2D eigenvalue weighted by atomic mass is 9.98. The Bertz CT molecular complexity index is 417. The van der Waals surface area contributed by atoms with Gasteiger partial charge in [-0.1, -0.05) is 24.3 Å². The summed E-state index contributed by atoms with van der Waals surface area (Å²) < 4.78 is 5.01. The molecule has 2 rings (SSSR count). The fourth-order valence-corrected chi connectivity index (χ4v) is 2.48. The maximum atomic E-state index is 11.5. The molecule has 0 fully saturated rings. The SMILES string of the molecule is CCOC(=O)C[C@H](C)N1CCc2ccccc2C1. The Kier molecular flexibility index (Phi) is 4.37. The second kappa shape index (κ2) is 6.01. The Morgan fingerprint density at radius 3 is 2.83 bits per heavy atom. The predicted octanol–water partition coefficient (Wildman–Crippen LogP) is 2.39. The summed E-state index contributed by atoms with van der Waals surface area (Å²) in [5.74, 6) is -0.0936. The molecule has 98 valence electrons. The van der Waals surface area contributed by atoms with E-state index >= 15 is 0 Å². The third-order valence-corrected chi connectivity index (χ3v) is 3.55. The van der Waals surface area contributed by atoms with Crippen molar-refractivity contribution in [2.24, 2.45) is 0 Å². The van der Waals surface area contributed by atoms with Crippen molar-refractivity contribution in [3.8, 4) is 0 Å². The van der Waals surface area contributed by atoms with Crippen LogP contribution >= 0.6 is 0 Å². The van der Waals surface area contributed by atoms with Crippen molar-refractivity contribution in [2.45, 2.75) is 39.3 Å². The summed E-state index contributed by atoms with van der Waals surface area (Å²) in [5, 5.41) is 0. The standard InChI is InChI=1S/C15H21NO2/c1-3-18-15(17)10-12(2)16-9-8-13-6-4-5-7-14(13)11-16/h4-7,12H,3,8-11H2,1-2H3/t12-/m0/s1. The molecule has 0 unspecified atom stereocenters. The van der Waals surface area contributed by atoms with Gasteiger partial charge < -0.3 is 4.74 Å². The molecule has 1 atom stereocenters. The van der Waals surface area contributed by atoms with E-state index in [0.29, 0.717) is 13.0 Å². The fourth-order valence-electron chi connectivity index (χ4n) is 2.48. The van der Waals surface area contributed by atoms with Gasteiger partial charge in [0.25, 0.3) is 0 Å². The molecule has 1 heterocycles. The summed E-state index contributed by atoms with van der Waals surface area (Å²) in [6, 6.07) is 8.80. The largest absolute Gasteiger partial charge is 0.466 e. The lowest BCUT2D eigenvalue weighted by molar-refractivity contribution is -0.144. The fraction of sp³-hybridized carbons (Fsp3) is 0.533. The molecule has 0 saturated heterocycles. The van der Waals surface area contributed by atoms with Crippen LogP contribution < -0.4 is 0 Å². The summed E-state index contributed by atoms with van der Waals surface area (Å²) in [7, 11) is 0. The first-order chi connectivity index (χ1) is 8.70. The van der Waals surface area contributed by atoms with Crippen LogP contribution in [-0.2, 0) is 22.5 Å². The molecule has 0 N–H and O–H groups in total. The zero-order valence-corrected chi connectivity index (χ0v) is 11.2. The van der Waals surface area contributed by atoms with Gasteiger partial charge in [-0.3, -0.25) is 9.69 Å². The van der Waals surface area contributed by atoms with E-state index in [9.17, 15) is 4.79 Å². The van der Waals surface area contributed by atoms with Crippen LogP contribution in [0.5, 0.6) is 0 Å². The Balaban J connectivity index is 1.94. The van der Waals surface area contributed by atoms with Crippen LogP contribution in [0.4, 0.5) is 0 Å². The summed E-state index contributed by atoms with van der Waals surface area (Å²) >= 11 is 0. The monoisotopic (exact) mass is 247 g/mol. The molecule has 1 aliphatic rings. The number of rotatable bonds is 4. The van der Waals surface area contributed by atoms with Crippen molar-refractivity contribution in [3.05, 3.63) is 35.4 Å². The maximum Gasteiger partial charge on any atom is 0.307 e. The number of hydrogen-bond donors (Lipinski definition) is 0. The van der Waals surface area contributed by atoms with E-state index in [0.717, 1.165) is 19.5 Å². The molecule has 0 spiro atoms. The zero-order chi connectivity index (χ0) is 13.0. The zero-order valence-electron chi connectivity index (χ0n) is 11.2. The maximum absolute atomic E-state index is 11.5. The summed E-state index contributed by atoms with van der Waals surface area (Å²) in [6.07, 6.45) is 1.55. The first-order valence-electron chi connectivity index (χ1n) is 6.67. The van der Waals surface area contributed by atoms with Gasteiger partial charge in [-0.25, -0.2) is 0 Å². The minimum atomic E-state index is -0.0936. The van der Waals surface area contributed by atoms with Gasteiger partial charge in [0, 0.05) is 19.1 Å². The molecule has 0 amide bonds. The molecule has 18 heavy (non-hydrogen) atoms. The van der Waals surface area contributed by atoms with Gasteiger partial charge in [-0.05, 0) is 31.4 Å². The highest BCUT2D eigenvalue weighted by Gasteiger charge is 2.22. The van der Waals surface area contributed by atoms with E-state index in [1.165, 1.54) is 11.1 Å². The van der Waals surface area contributed by atoms with Crippen LogP contribution in [0.2, 0.25) is 0 Å². The molecule has 0 saturated carbocycles. The Morgan fingerprint density at radius 2 is 2.11 bits per heavy atom. The van der Waals surface area contributed by atoms with Gasteiger partial charge >= 0.3 is 5.97 Å². The van der Waals surface area contributed by atoms with Crippen LogP contribution in [0.15, 0.2) is 24.3 Å². The van der Waals surface area contributed by atoms with Gasteiger partial charge in [-0.15, -0.1) is 0 Å². The number of benzene rings is 1. The molecule has 1 aromatic carbocycles. The number of carbonyl (C=O) groups excluding carboxylic acids is 1. The van der Waals surface area contributed by atoms with Crippen molar-refractivity contribution in [3.63, 3.8) is 0 Å². The summed E-state index contributed by atoms with van der Waals surface area (Å²) in [4.78, 5) is 13.9. The molecule has 0 aromatic heterocycles. The normalized spacial score (nSPS) is 17.0. The molecule has 0 aliphatic carbocycles. The Morgan fingerprint density at radius 1 is 1.39 bits per heavy atom. The van der Waals surface area contributed by atoms with E-state index in [-0.39, 0.29) is 12.0 Å². The highest BCUT2D eigenvalue weighted by molar-refractivity contribution is 5.70. The average Bonchev–Trinajstić information content (AvgIpc) is 2.38. The minimum absolute atomic E-state index is 0.0936. The predicted molar refractivity (Wildman–Crippen MR) is 71.3 cm³/mol. The first kappa shape index (κ1) is 13.1. The molecule has 3 nitrogen and oxygen atoms in total. The van der Waals surface area contributed by atoms with Crippen molar-refractivity contribution < 1.29 is 9.53 Å². The van der Waals surface area contributed by atoms with E-state index in [1.54, 1.807) is 0 Å². The molecule has 0 radical (unpaired) electrons. The van der Waals surface area contributed by atoms with Crippen molar-refractivity contribution in [1.82, 2.24) is 4.90 Å².